The fourth-order valence-corrected chi connectivity index (χ4v) is 3.31. The van der Waals surface area contributed by atoms with Gasteiger partial charge in [-0.3, -0.25) is 19.5 Å². The van der Waals surface area contributed by atoms with Crippen LogP contribution in [-0.4, -0.2) is 65.9 Å². The van der Waals surface area contributed by atoms with Crippen molar-refractivity contribution >= 4 is 11.8 Å². The molecule has 0 radical (unpaired) electrons. The number of piperidine rings is 1. The van der Waals surface area contributed by atoms with Crippen molar-refractivity contribution in [1.29, 1.82) is 0 Å². The number of hydrogen-bond acceptors (Lipinski definition) is 4. The van der Waals surface area contributed by atoms with E-state index in [1.165, 1.54) is 0 Å². The zero-order valence-corrected chi connectivity index (χ0v) is 15.0. The molecule has 1 aromatic rings. The second-order valence-electron chi connectivity index (χ2n) is 6.96. The fraction of sp³-hybridized carbons (Fsp3) is 0.611. The molecule has 1 saturated heterocycles. The van der Waals surface area contributed by atoms with Crippen LogP contribution < -0.4 is 5.32 Å². The number of pyridine rings is 1. The minimum absolute atomic E-state index is 0.0736. The van der Waals surface area contributed by atoms with E-state index in [0.29, 0.717) is 18.7 Å². The lowest BCUT2D eigenvalue weighted by atomic mass is 9.98. The highest BCUT2D eigenvalue weighted by Gasteiger charge is 2.31. The van der Waals surface area contributed by atoms with Crippen LogP contribution in [0.15, 0.2) is 24.5 Å². The molecule has 1 fully saturated rings. The Labute approximate surface area is 144 Å². The van der Waals surface area contributed by atoms with E-state index < -0.39 is 0 Å². The lowest BCUT2D eigenvalue weighted by Crippen LogP contribution is -2.53. The summed E-state index contributed by atoms with van der Waals surface area (Å²) in [4.78, 5) is 32.8. The molecule has 6 nitrogen and oxygen atoms in total. The van der Waals surface area contributed by atoms with Gasteiger partial charge in [-0.15, -0.1) is 0 Å². The Morgan fingerprint density at radius 2 is 1.79 bits per heavy atom. The van der Waals surface area contributed by atoms with Crippen molar-refractivity contribution < 1.29 is 9.59 Å². The van der Waals surface area contributed by atoms with Gasteiger partial charge in [0.1, 0.15) is 0 Å². The number of carbonyl (C=O) groups is 2. The summed E-state index contributed by atoms with van der Waals surface area (Å²) in [6.07, 6.45) is 4.81. The second-order valence-corrected chi connectivity index (χ2v) is 6.96. The van der Waals surface area contributed by atoms with E-state index in [2.05, 4.69) is 24.1 Å². The standard InChI is InChI=1S/C18H28N4O2/c1-13(2)16(21(3)4)18(24)22-11-7-15(8-12-22)20-17(23)14-5-9-19-10-6-14/h5-6,9-10,13,15-16H,7-8,11-12H2,1-4H3,(H,20,23). The Kier molecular flexibility index (Phi) is 6.31. The predicted octanol–water partition coefficient (Wildman–Crippen LogP) is 1.39. The van der Waals surface area contributed by atoms with Crippen LogP contribution in [0.25, 0.3) is 0 Å². The molecule has 1 N–H and O–H groups in total. The average molecular weight is 332 g/mol. The maximum atomic E-state index is 12.7. The van der Waals surface area contributed by atoms with Gasteiger partial charge in [0.05, 0.1) is 6.04 Å². The van der Waals surface area contributed by atoms with Crippen LogP contribution in [0.1, 0.15) is 37.0 Å². The number of carbonyl (C=O) groups excluding carboxylic acids is 2. The van der Waals surface area contributed by atoms with Crippen LogP contribution >= 0.6 is 0 Å². The Bertz CT molecular complexity index is 543. The molecule has 24 heavy (non-hydrogen) atoms. The summed E-state index contributed by atoms with van der Waals surface area (Å²) in [5.41, 5.74) is 0.621. The third-order valence-electron chi connectivity index (χ3n) is 4.53. The molecule has 0 saturated carbocycles. The van der Waals surface area contributed by atoms with E-state index in [1.807, 2.05) is 23.9 Å². The highest BCUT2D eigenvalue weighted by molar-refractivity contribution is 5.94. The molecule has 1 aliphatic heterocycles. The Hall–Kier alpha value is -1.95. The van der Waals surface area contributed by atoms with E-state index in [0.717, 1.165) is 12.8 Å². The smallest absolute Gasteiger partial charge is 0.251 e. The third-order valence-corrected chi connectivity index (χ3v) is 4.53. The van der Waals surface area contributed by atoms with Crippen molar-refractivity contribution in [3.63, 3.8) is 0 Å². The molecule has 132 valence electrons. The molecule has 1 aromatic heterocycles. The average Bonchev–Trinajstić information content (AvgIpc) is 2.55. The van der Waals surface area contributed by atoms with Crippen LogP contribution in [0.3, 0.4) is 0 Å². The van der Waals surface area contributed by atoms with E-state index in [4.69, 9.17) is 0 Å². The molecule has 2 amide bonds. The van der Waals surface area contributed by atoms with Crippen LogP contribution in [0.4, 0.5) is 0 Å². The Balaban J connectivity index is 1.87. The normalized spacial score (nSPS) is 17.2. The first-order chi connectivity index (χ1) is 11.4. The Morgan fingerprint density at radius 3 is 2.29 bits per heavy atom. The minimum atomic E-state index is -0.0899. The summed E-state index contributed by atoms with van der Waals surface area (Å²) in [5, 5.41) is 3.05. The van der Waals surface area contributed by atoms with Crippen molar-refractivity contribution in [2.24, 2.45) is 5.92 Å². The molecule has 6 heteroatoms. The van der Waals surface area contributed by atoms with E-state index in [-0.39, 0.29) is 29.8 Å². The molecule has 1 aliphatic rings. The molecule has 0 bridgehead atoms. The van der Waals surface area contributed by atoms with Gasteiger partial charge in [0.25, 0.3) is 5.91 Å². The van der Waals surface area contributed by atoms with Crippen molar-refractivity contribution in [2.45, 2.75) is 38.8 Å². The molecule has 0 aromatic carbocycles. The lowest BCUT2D eigenvalue weighted by molar-refractivity contribution is -0.138. The summed E-state index contributed by atoms with van der Waals surface area (Å²) in [5.74, 6) is 0.390. The zero-order chi connectivity index (χ0) is 17.7. The second kappa shape index (κ2) is 8.24. The fourth-order valence-electron chi connectivity index (χ4n) is 3.31. The van der Waals surface area contributed by atoms with Gasteiger partial charge < -0.3 is 10.2 Å². The van der Waals surface area contributed by atoms with Crippen LogP contribution in [0.2, 0.25) is 0 Å². The topological polar surface area (TPSA) is 65.5 Å². The van der Waals surface area contributed by atoms with Gasteiger partial charge in [-0.1, -0.05) is 13.8 Å². The minimum Gasteiger partial charge on any atom is -0.349 e. The number of likely N-dealkylation sites (N-methyl/N-ethyl adjacent to an activating group) is 1. The van der Waals surface area contributed by atoms with Gasteiger partial charge in [-0.05, 0) is 45.0 Å². The molecule has 1 unspecified atom stereocenters. The number of hydrogen-bond donors (Lipinski definition) is 1. The predicted molar refractivity (Wildman–Crippen MR) is 93.6 cm³/mol. The highest BCUT2D eigenvalue weighted by atomic mass is 16.2. The molecular formula is C18H28N4O2. The first kappa shape index (κ1) is 18.4. The molecule has 1 atom stereocenters. The van der Waals surface area contributed by atoms with Gasteiger partial charge in [-0.2, -0.15) is 0 Å². The lowest BCUT2D eigenvalue weighted by Gasteiger charge is -2.37. The zero-order valence-electron chi connectivity index (χ0n) is 15.0. The molecule has 2 rings (SSSR count). The monoisotopic (exact) mass is 332 g/mol. The third kappa shape index (κ3) is 4.54. The van der Waals surface area contributed by atoms with Gasteiger partial charge in [0.15, 0.2) is 0 Å². The van der Waals surface area contributed by atoms with Crippen molar-refractivity contribution in [1.82, 2.24) is 20.1 Å². The number of rotatable bonds is 5. The molecule has 0 aliphatic carbocycles. The Morgan fingerprint density at radius 1 is 1.21 bits per heavy atom. The summed E-state index contributed by atoms with van der Waals surface area (Å²) >= 11 is 0. The van der Waals surface area contributed by atoms with Crippen LogP contribution in [-0.2, 0) is 4.79 Å². The summed E-state index contributed by atoms with van der Waals surface area (Å²) in [6, 6.07) is 3.44. The van der Waals surface area contributed by atoms with Crippen molar-refractivity contribution in [3.05, 3.63) is 30.1 Å². The number of amides is 2. The molecular weight excluding hydrogens is 304 g/mol. The molecule has 2 heterocycles. The maximum Gasteiger partial charge on any atom is 0.251 e. The van der Waals surface area contributed by atoms with Gasteiger partial charge >= 0.3 is 0 Å². The largest absolute Gasteiger partial charge is 0.349 e. The maximum absolute atomic E-state index is 12.7. The number of aromatic nitrogens is 1. The summed E-state index contributed by atoms with van der Waals surface area (Å²) in [7, 11) is 3.90. The van der Waals surface area contributed by atoms with Crippen LogP contribution in [0.5, 0.6) is 0 Å². The van der Waals surface area contributed by atoms with Crippen molar-refractivity contribution in [2.75, 3.05) is 27.2 Å². The van der Waals surface area contributed by atoms with Gasteiger partial charge in [0, 0.05) is 37.1 Å². The van der Waals surface area contributed by atoms with Crippen LogP contribution in [0, 0.1) is 5.92 Å². The van der Waals surface area contributed by atoms with E-state index in [1.54, 1.807) is 24.5 Å². The van der Waals surface area contributed by atoms with E-state index >= 15 is 0 Å². The van der Waals surface area contributed by atoms with Gasteiger partial charge in [-0.25, -0.2) is 0 Å². The summed E-state index contributed by atoms with van der Waals surface area (Å²) in [6.45, 7) is 5.53. The number of nitrogens with one attached hydrogen (secondary N) is 1. The summed E-state index contributed by atoms with van der Waals surface area (Å²) < 4.78 is 0. The highest BCUT2D eigenvalue weighted by Crippen LogP contribution is 2.17. The van der Waals surface area contributed by atoms with Gasteiger partial charge in [0.2, 0.25) is 5.91 Å². The number of nitrogens with zero attached hydrogens (tertiary/aromatic N) is 3. The van der Waals surface area contributed by atoms with Crippen molar-refractivity contribution in [3.8, 4) is 0 Å². The quantitative estimate of drug-likeness (QED) is 0.885. The van der Waals surface area contributed by atoms with E-state index in [9.17, 15) is 9.59 Å². The number of likely N-dealkylation sites (tertiary alicyclic amines) is 1. The first-order valence-electron chi connectivity index (χ1n) is 8.56. The molecule has 0 spiro atoms. The SMILES string of the molecule is CC(C)C(C(=O)N1CCC(NC(=O)c2ccncc2)CC1)N(C)C. The first-order valence-corrected chi connectivity index (χ1v) is 8.56.